The van der Waals surface area contributed by atoms with E-state index in [2.05, 4.69) is 4.90 Å². The van der Waals surface area contributed by atoms with Gasteiger partial charge >= 0.3 is 5.97 Å². The molecule has 0 radical (unpaired) electrons. The zero-order valence-electron chi connectivity index (χ0n) is 16.8. The van der Waals surface area contributed by atoms with E-state index in [0.717, 1.165) is 44.3 Å². The third kappa shape index (κ3) is 5.10. The Morgan fingerprint density at radius 1 is 0.963 bits per heavy atom. The molecule has 0 unspecified atom stereocenters. The van der Waals surface area contributed by atoms with Gasteiger partial charge in [-0.3, -0.25) is 14.5 Å². The lowest BCUT2D eigenvalue weighted by Gasteiger charge is -2.43. The van der Waals surface area contributed by atoms with Gasteiger partial charge in [0.25, 0.3) is 5.91 Å². The maximum atomic E-state index is 12.7. The van der Waals surface area contributed by atoms with E-state index < -0.39 is 5.60 Å². The van der Waals surface area contributed by atoms with Crippen LogP contribution in [0.25, 0.3) is 0 Å². The fourth-order valence-corrected chi connectivity index (χ4v) is 4.22. The van der Waals surface area contributed by atoms with Crippen LogP contribution in [0, 0.1) is 5.92 Å². The molecule has 0 spiro atoms. The van der Waals surface area contributed by atoms with Crippen molar-refractivity contribution in [1.29, 1.82) is 0 Å². The van der Waals surface area contributed by atoms with Crippen molar-refractivity contribution in [3.05, 3.63) is 35.9 Å². The first-order valence-electron chi connectivity index (χ1n) is 10.2. The lowest BCUT2D eigenvalue weighted by atomic mass is 9.83. The molecular weight excluding hydrogens is 340 g/mol. The Kier molecular flexibility index (Phi) is 6.20. The summed E-state index contributed by atoms with van der Waals surface area (Å²) in [4.78, 5) is 29.7. The SMILES string of the molecule is CC(C)(C)OC(=O)[C@H]1CCCC[C@@H]1N1CCN(C(=O)c2ccccc2)CC1. The van der Waals surface area contributed by atoms with Crippen LogP contribution in [-0.2, 0) is 9.53 Å². The largest absolute Gasteiger partial charge is 0.460 e. The fraction of sp³-hybridized carbons (Fsp3) is 0.636. The first-order valence-corrected chi connectivity index (χ1v) is 10.2. The lowest BCUT2D eigenvalue weighted by molar-refractivity contribution is -0.164. The molecule has 1 heterocycles. The van der Waals surface area contributed by atoms with Crippen LogP contribution in [0.15, 0.2) is 30.3 Å². The van der Waals surface area contributed by atoms with E-state index in [0.29, 0.717) is 13.1 Å². The molecule has 5 nitrogen and oxygen atoms in total. The molecular formula is C22H32N2O3. The van der Waals surface area contributed by atoms with Crippen LogP contribution in [0.2, 0.25) is 0 Å². The van der Waals surface area contributed by atoms with Gasteiger partial charge in [-0.15, -0.1) is 0 Å². The van der Waals surface area contributed by atoms with E-state index in [-0.39, 0.29) is 23.8 Å². The number of rotatable bonds is 3. The number of amides is 1. The van der Waals surface area contributed by atoms with Crippen molar-refractivity contribution in [3.8, 4) is 0 Å². The molecule has 1 aromatic rings. The maximum Gasteiger partial charge on any atom is 0.311 e. The number of ether oxygens (including phenoxy) is 1. The number of benzene rings is 1. The standard InChI is InChI=1S/C22H32N2O3/c1-22(2,3)27-21(26)18-11-7-8-12-19(18)23-13-15-24(16-14-23)20(25)17-9-5-4-6-10-17/h4-6,9-10,18-19H,7-8,11-16H2,1-3H3/t18-,19-/m0/s1. The van der Waals surface area contributed by atoms with Crippen LogP contribution in [0.1, 0.15) is 56.8 Å². The Morgan fingerprint density at radius 3 is 2.22 bits per heavy atom. The van der Waals surface area contributed by atoms with Crippen molar-refractivity contribution in [2.24, 2.45) is 5.92 Å². The molecule has 1 aliphatic heterocycles. The van der Waals surface area contributed by atoms with Gasteiger partial charge in [-0.1, -0.05) is 31.0 Å². The van der Waals surface area contributed by atoms with Gasteiger partial charge in [-0.2, -0.15) is 0 Å². The summed E-state index contributed by atoms with van der Waals surface area (Å²) in [6, 6.07) is 9.70. The number of piperazine rings is 1. The predicted octanol–water partition coefficient (Wildman–Crippen LogP) is 3.34. The van der Waals surface area contributed by atoms with Gasteiger partial charge in [0, 0.05) is 37.8 Å². The van der Waals surface area contributed by atoms with Gasteiger partial charge in [0.2, 0.25) is 0 Å². The normalized spacial score (nSPS) is 24.5. The molecule has 1 saturated heterocycles. The molecule has 3 rings (SSSR count). The van der Waals surface area contributed by atoms with E-state index in [1.54, 1.807) is 0 Å². The van der Waals surface area contributed by atoms with Gasteiger partial charge in [0.1, 0.15) is 5.60 Å². The molecule has 1 aliphatic carbocycles. The third-order valence-corrected chi connectivity index (χ3v) is 5.53. The van der Waals surface area contributed by atoms with E-state index >= 15 is 0 Å². The summed E-state index contributed by atoms with van der Waals surface area (Å²) >= 11 is 0. The predicted molar refractivity (Wildman–Crippen MR) is 106 cm³/mol. The molecule has 1 saturated carbocycles. The Balaban J connectivity index is 1.60. The summed E-state index contributed by atoms with van der Waals surface area (Å²) in [5.41, 5.74) is 0.301. The fourth-order valence-electron chi connectivity index (χ4n) is 4.22. The van der Waals surface area contributed by atoms with Crippen LogP contribution < -0.4 is 0 Å². The van der Waals surface area contributed by atoms with Gasteiger partial charge < -0.3 is 9.64 Å². The van der Waals surface area contributed by atoms with Crippen LogP contribution in [0.5, 0.6) is 0 Å². The minimum Gasteiger partial charge on any atom is -0.460 e. The minimum atomic E-state index is -0.445. The van der Waals surface area contributed by atoms with Gasteiger partial charge in [0.15, 0.2) is 0 Å². The molecule has 0 aromatic heterocycles. The van der Waals surface area contributed by atoms with Crippen LogP contribution in [0.3, 0.4) is 0 Å². The summed E-state index contributed by atoms with van der Waals surface area (Å²) in [6.07, 6.45) is 4.19. The van der Waals surface area contributed by atoms with E-state index in [1.807, 2.05) is 56.0 Å². The van der Waals surface area contributed by atoms with Crippen molar-refractivity contribution in [3.63, 3.8) is 0 Å². The highest BCUT2D eigenvalue weighted by atomic mass is 16.6. The van der Waals surface area contributed by atoms with E-state index in [1.165, 1.54) is 0 Å². The topological polar surface area (TPSA) is 49.9 Å². The second kappa shape index (κ2) is 8.42. The average Bonchev–Trinajstić information content (AvgIpc) is 2.67. The number of esters is 1. The highest BCUT2D eigenvalue weighted by Gasteiger charge is 2.38. The van der Waals surface area contributed by atoms with E-state index in [4.69, 9.17) is 4.74 Å². The first kappa shape index (κ1) is 19.9. The van der Waals surface area contributed by atoms with Crippen molar-refractivity contribution < 1.29 is 14.3 Å². The lowest BCUT2D eigenvalue weighted by Crippen LogP contribution is -2.55. The molecule has 1 amide bonds. The summed E-state index contributed by atoms with van der Waals surface area (Å²) < 4.78 is 5.69. The zero-order valence-corrected chi connectivity index (χ0v) is 16.8. The number of hydrogen-bond donors (Lipinski definition) is 0. The Labute approximate surface area is 162 Å². The molecule has 2 fully saturated rings. The molecule has 5 heteroatoms. The quantitative estimate of drug-likeness (QED) is 0.764. The number of carbonyl (C=O) groups excluding carboxylic acids is 2. The highest BCUT2D eigenvalue weighted by molar-refractivity contribution is 5.94. The summed E-state index contributed by atoms with van der Waals surface area (Å²) in [5, 5.41) is 0. The summed E-state index contributed by atoms with van der Waals surface area (Å²) in [7, 11) is 0. The first-order chi connectivity index (χ1) is 12.8. The van der Waals surface area contributed by atoms with Crippen LogP contribution in [-0.4, -0.2) is 59.5 Å². The van der Waals surface area contributed by atoms with Gasteiger partial charge in [-0.25, -0.2) is 0 Å². The van der Waals surface area contributed by atoms with Crippen molar-refractivity contribution >= 4 is 11.9 Å². The van der Waals surface area contributed by atoms with Crippen LogP contribution in [0.4, 0.5) is 0 Å². The molecule has 2 atom stereocenters. The van der Waals surface area contributed by atoms with Crippen molar-refractivity contribution in [2.75, 3.05) is 26.2 Å². The maximum absolute atomic E-state index is 12.7. The second-order valence-electron chi connectivity index (χ2n) is 8.69. The van der Waals surface area contributed by atoms with E-state index in [9.17, 15) is 9.59 Å². The third-order valence-electron chi connectivity index (χ3n) is 5.53. The van der Waals surface area contributed by atoms with Crippen LogP contribution >= 0.6 is 0 Å². The Morgan fingerprint density at radius 2 is 1.59 bits per heavy atom. The monoisotopic (exact) mass is 372 g/mol. The minimum absolute atomic E-state index is 0.0469. The van der Waals surface area contributed by atoms with Crippen molar-refractivity contribution in [2.45, 2.75) is 58.1 Å². The molecule has 0 N–H and O–H groups in total. The smallest absolute Gasteiger partial charge is 0.311 e. The number of carbonyl (C=O) groups is 2. The zero-order chi connectivity index (χ0) is 19.4. The Bertz CT molecular complexity index is 645. The second-order valence-corrected chi connectivity index (χ2v) is 8.69. The highest BCUT2D eigenvalue weighted by Crippen LogP contribution is 2.31. The molecule has 27 heavy (non-hydrogen) atoms. The van der Waals surface area contributed by atoms with Gasteiger partial charge in [-0.05, 0) is 45.7 Å². The Hall–Kier alpha value is -1.88. The molecule has 148 valence electrons. The van der Waals surface area contributed by atoms with Gasteiger partial charge in [0.05, 0.1) is 5.92 Å². The van der Waals surface area contributed by atoms with Crippen molar-refractivity contribution in [1.82, 2.24) is 9.80 Å². The summed E-state index contributed by atoms with van der Waals surface area (Å²) in [5.74, 6) is -0.00747. The average molecular weight is 373 g/mol. The number of nitrogens with zero attached hydrogens (tertiary/aromatic N) is 2. The molecule has 1 aromatic carbocycles. The summed E-state index contributed by atoms with van der Waals surface area (Å²) in [6.45, 7) is 8.85. The number of hydrogen-bond acceptors (Lipinski definition) is 4. The molecule has 0 bridgehead atoms. The molecule has 2 aliphatic rings.